The lowest BCUT2D eigenvalue weighted by Crippen LogP contribution is -2.47. The highest BCUT2D eigenvalue weighted by atomic mass is 16.4. The van der Waals surface area contributed by atoms with Crippen molar-refractivity contribution >= 4 is 11.9 Å². The predicted molar refractivity (Wildman–Crippen MR) is 83.1 cm³/mol. The van der Waals surface area contributed by atoms with Gasteiger partial charge in [0, 0.05) is 25.6 Å². The first-order chi connectivity index (χ1) is 9.79. The molecule has 0 saturated carbocycles. The van der Waals surface area contributed by atoms with E-state index in [1.54, 1.807) is 6.92 Å². The first-order valence-corrected chi connectivity index (χ1v) is 8.04. The molecule has 1 rings (SSSR count). The van der Waals surface area contributed by atoms with Gasteiger partial charge in [0.15, 0.2) is 0 Å². The van der Waals surface area contributed by atoms with Crippen molar-refractivity contribution < 1.29 is 14.7 Å². The van der Waals surface area contributed by atoms with Gasteiger partial charge in [-0.3, -0.25) is 9.59 Å². The number of hydrogen-bond donors (Lipinski definition) is 2. The Balaban J connectivity index is 2.46. The Morgan fingerprint density at radius 1 is 1.33 bits per heavy atom. The predicted octanol–water partition coefficient (Wildman–Crippen LogP) is 2.11. The molecule has 1 atom stereocenters. The minimum Gasteiger partial charge on any atom is -0.481 e. The summed E-state index contributed by atoms with van der Waals surface area (Å²) in [5, 5.41) is 12.4. The maximum Gasteiger partial charge on any atom is 0.310 e. The number of nitrogens with one attached hydrogen (secondary N) is 1. The normalized spacial score (nSPS) is 20.2. The highest BCUT2D eigenvalue weighted by molar-refractivity contribution is 5.85. The van der Waals surface area contributed by atoms with Crippen LogP contribution in [0.1, 0.15) is 53.4 Å². The highest BCUT2D eigenvalue weighted by Crippen LogP contribution is 2.31. The summed E-state index contributed by atoms with van der Waals surface area (Å²) in [4.78, 5) is 26.0. The Morgan fingerprint density at radius 2 is 1.90 bits per heavy atom. The highest BCUT2D eigenvalue weighted by Gasteiger charge is 2.39. The Hall–Kier alpha value is -1.10. The van der Waals surface area contributed by atoms with Gasteiger partial charge in [0.05, 0.1) is 5.41 Å². The molecule has 1 saturated heterocycles. The Morgan fingerprint density at radius 3 is 2.33 bits per heavy atom. The minimum absolute atomic E-state index is 0.0508. The number of amides is 1. The number of carbonyl (C=O) groups is 2. The van der Waals surface area contributed by atoms with Gasteiger partial charge in [-0.25, -0.2) is 0 Å². The second kappa shape index (κ2) is 7.78. The average molecular weight is 298 g/mol. The molecule has 5 nitrogen and oxygen atoms in total. The molecule has 21 heavy (non-hydrogen) atoms. The van der Waals surface area contributed by atoms with Gasteiger partial charge >= 0.3 is 5.97 Å². The summed E-state index contributed by atoms with van der Waals surface area (Å²) in [5.74, 6) is -1.11. The number of hydrogen-bond acceptors (Lipinski definition) is 3. The first kappa shape index (κ1) is 18.0. The lowest BCUT2D eigenvalue weighted by Gasteiger charge is -2.33. The third-order valence-electron chi connectivity index (χ3n) is 4.78. The molecule has 1 heterocycles. The van der Waals surface area contributed by atoms with Crippen LogP contribution in [0.5, 0.6) is 0 Å². The zero-order valence-corrected chi connectivity index (χ0v) is 13.8. The summed E-state index contributed by atoms with van der Waals surface area (Å²) in [6.07, 6.45) is 3.12. The van der Waals surface area contributed by atoms with E-state index in [-0.39, 0.29) is 24.3 Å². The van der Waals surface area contributed by atoms with E-state index in [1.807, 2.05) is 13.8 Å². The molecule has 0 aromatic rings. The fourth-order valence-electron chi connectivity index (χ4n) is 2.76. The van der Waals surface area contributed by atoms with Crippen LogP contribution < -0.4 is 5.32 Å². The van der Waals surface area contributed by atoms with Crippen molar-refractivity contribution in [1.29, 1.82) is 0 Å². The number of rotatable bonds is 7. The molecular formula is C16H30N2O3. The molecular weight excluding hydrogens is 268 g/mol. The molecule has 1 amide bonds. The van der Waals surface area contributed by atoms with Crippen molar-refractivity contribution in [3.8, 4) is 0 Å². The van der Waals surface area contributed by atoms with Crippen molar-refractivity contribution in [2.45, 2.75) is 59.4 Å². The summed E-state index contributed by atoms with van der Waals surface area (Å²) < 4.78 is 0. The Bertz CT molecular complexity index is 363. The van der Waals surface area contributed by atoms with E-state index in [4.69, 9.17) is 0 Å². The van der Waals surface area contributed by atoms with Crippen LogP contribution in [0.25, 0.3) is 0 Å². The quantitative estimate of drug-likeness (QED) is 0.755. The number of carboxylic acid groups (broad SMARTS) is 1. The van der Waals surface area contributed by atoms with Crippen LogP contribution in [-0.2, 0) is 9.59 Å². The van der Waals surface area contributed by atoms with Gasteiger partial charge in [0.2, 0.25) is 5.91 Å². The second-order valence-corrected chi connectivity index (χ2v) is 6.74. The lowest BCUT2D eigenvalue weighted by atomic mass is 9.76. The molecule has 0 spiro atoms. The lowest BCUT2D eigenvalue weighted by molar-refractivity contribution is -0.153. The van der Waals surface area contributed by atoms with Gasteiger partial charge in [-0.05, 0) is 38.6 Å². The van der Waals surface area contributed by atoms with E-state index in [0.717, 1.165) is 38.9 Å². The average Bonchev–Trinajstić information content (AvgIpc) is 2.40. The van der Waals surface area contributed by atoms with Crippen LogP contribution in [0, 0.1) is 11.3 Å². The zero-order valence-electron chi connectivity index (χ0n) is 13.8. The fraction of sp³-hybridized carbons (Fsp3) is 0.875. The minimum atomic E-state index is -0.993. The fourth-order valence-corrected chi connectivity index (χ4v) is 2.76. The van der Waals surface area contributed by atoms with Gasteiger partial charge < -0.3 is 15.3 Å². The number of aliphatic carboxylic acids is 1. The van der Waals surface area contributed by atoms with Gasteiger partial charge in [-0.2, -0.15) is 0 Å². The van der Waals surface area contributed by atoms with Crippen LogP contribution in [0.4, 0.5) is 0 Å². The molecule has 1 aliphatic heterocycles. The summed E-state index contributed by atoms with van der Waals surface area (Å²) in [5.41, 5.74) is -0.993. The van der Waals surface area contributed by atoms with Gasteiger partial charge in [0.25, 0.3) is 0 Å². The van der Waals surface area contributed by atoms with Crippen molar-refractivity contribution in [1.82, 2.24) is 10.2 Å². The molecule has 1 unspecified atom stereocenters. The van der Waals surface area contributed by atoms with E-state index < -0.39 is 11.4 Å². The van der Waals surface area contributed by atoms with E-state index >= 15 is 0 Å². The summed E-state index contributed by atoms with van der Waals surface area (Å²) in [7, 11) is 0. The first-order valence-electron chi connectivity index (χ1n) is 8.04. The van der Waals surface area contributed by atoms with Gasteiger partial charge in [-0.1, -0.05) is 20.8 Å². The summed E-state index contributed by atoms with van der Waals surface area (Å²) in [6.45, 7) is 10.7. The zero-order chi connectivity index (χ0) is 16.0. The van der Waals surface area contributed by atoms with E-state index in [1.165, 1.54) is 0 Å². The van der Waals surface area contributed by atoms with E-state index in [0.29, 0.717) is 0 Å². The van der Waals surface area contributed by atoms with Crippen molar-refractivity contribution in [3.05, 3.63) is 0 Å². The molecule has 1 aliphatic rings. The molecule has 0 aromatic carbocycles. The third kappa shape index (κ3) is 4.99. The summed E-state index contributed by atoms with van der Waals surface area (Å²) in [6, 6.07) is 0.191. The molecule has 5 heteroatoms. The van der Waals surface area contributed by atoms with Crippen molar-refractivity contribution in [3.63, 3.8) is 0 Å². The molecule has 122 valence electrons. The van der Waals surface area contributed by atoms with Gasteiger partial charge in [0.1, 0.15) is 0 Å². The maximum atomic E-state index is 12.2. The molecule has 0 radical (unpaired) electrons. The van der Waals surface area contributed by atoms with Crippen LogP contribution in [0.3, 0.4) is 0 Å². The number of piperidine rings is 1. The van der Waals surface area contributed by atoms with Crippen LogP contribution in [0.2, 0.25) is 0 Å². The van der Waals surface area contributed by atoms with Crippen LogP contribution in [-0.4, -0.2) is 47.6 Å². The van der Waals surface area contributed by atoms with Crippen molar-refractivity contribution in [2.24, 2.45) is 11.3 Å². The van der Waals surface area contributed by atoms with E-state index in [9.17, 15) is 14.7 Å². The largest absolute Gasteiger partial charge is 0.481 e. The Labute approximate surface area is 128 Å². The number of carbonyl (C=O) groups excluding carboxylic acids is 1. The molecule has 2 N–H and O–H groups in total. The van der Waals surface area contributed by atoms with E-state index in [2.05, 4.69) is 17.1 Å². The number of carboxylic acids is 1. The third-order valence-corrected chi connectivity index (χ3v) is 4.78. The molecule has 0 aromatic heterocycles. The maximum absolute atomic E-state index is 12.2. The molecule has 0 bridgehead atoms. The topological polar surface area (TPSA) is 69.6 Å². The standard InChI is InChI=1S/C16H30N2O3/c1-5-8-18-9-6-13(7-10-18)17-14(19)11-16(4,12(2)3)15(20)21/h12-13H,5-11H2,1-4H3,(H,17,19)(H,20,21). The summed E-state index contributed by atoms with van der Waals surface area (Å²) >= 11 is 0. The second-order valence-electron chi connectivity index (χ2n) is 6.74. The van der Waals surface area contributed by atoms with Crippen molar-refractivity contribution in [2.75, 3.05) is 19.6 Å². The van der Waals surface area contributed by atoms with Gasteiger partial charge in [-0.15, -0.1) is 0 Å². The number of likely N-dealkylation sites (tertiary alicyclic amines) is 1. The van der Waals surface area contributed by atoms with Crippen LogP contribution in [0.15, 0.2) is 0 Å². The monoisotopic (exact) mass is 298 g/mol. The molecule has 1 fully saturated rings. The number of nitrogens with zero attached hydrogens (tertiary/aromatic N) is 1. The smallest absolute Gasteiger partial charge is 0.310 e. The molecule has 0 aliphatic carbocycles. The Kier molecular flexibility index (Phi) is 6.65. The SMILES string of the molecule is CCCN1CCC(NC(=O)CC(C)(C(=O)O)C(C)C)CC1. The van der Waals surface area contributed by atoms with Crippen LogP contribution >= 0.6 is 0 Å².